The number of alkyl carbamates (subject to hydrolysis) is 1. The third kappa shape index (κ3) is 6.57. The van der Waals surface area contributed by atoms with Gasteiger partial charge in [-0.25, -0.2) is 4.79 Å². The van der Waals surface area contributed by atoms with Crippen LogP contribution < -0.4 is 10.6 Å². The highest BCUT2D eigenvalue weighted by molar-refractivity contribution is 5.99. The van der Waals surface area contributed by atoms with Gasteiger partial charge in [-0.3, -0.25) is 9.59 Å². The van der Waals surface area contributed by atoms with Crippen LogP contribution in [0, 0.1) is 28.6 Å². The van der Waals surface area contributed by atoms with Gasteiger partial charge in [0.05, 0.1) is 0 Å². The fourth-order valence-corrected chi connectivity index (χ4v) is 6.94. The van der Waals surface area contributed by atoms with Crippen LogP contribution in [0.4, 0.5) is 4.79 Å². The molecule has 206 valence electrons. The number of carbonyl (C=O) groups excluding carboxylic acids is 3. The first-order valence-corrected chi connectivity index (χ1v) is 13.4. The van der Waals surface area contributed by atoms with Crippen LogP contribution in [-0.2, 0) is 9.53 Å². The molecule has 3 rings (SSSR count). The number of carbonyl (C=O) groups is 3. The fraction of sp³-hybridized carbons (Fsp3) is 0.690. The van der Waals surface area contributed by atoms with E-state index in [2.05, 4.69) is 31.4 Å². The molecule has 0 heterocycles. The maximum absolute atomic E-state index is 14.0. The van der Waals surface area contributed by atoms with Crippen LogP contribution in [0.2, 0.25) is 0 Å². The van der Waals surface area contributed by atoms with E-state index in [4.69, 9.17) is 4.74 Å². The van der Waals surface area contributed by atoms with Crippen molar-refractivity contribution in [2.24, 2.45) is 28.6 Å². The molecule has 0 bridgehead atoms. The molecule has 1 aromatic rings. The number of nitrogens with one attached hydrogen (secondary N) is 2. The maximum atomic E-state index is 14.0. The van der Waals surface area contributed by atoms with E-state index >= 15 is 0 Å². The number of ketones is 1. The summed E-state index contributed by atoms with van der Waals surface area (Å²) in [5.74, 6) is -0.956. The molecule has 8 nitrogen and oxygen atoms in total. The van der Waals surface area contributed by atoms with Crippen molar-refractivity contribution in [3.63, 3.8) is 0 Å². The van der Waals surface area contributed by atoms with Gasteiger partial charge in [0, 0.05) is 36.6 Å². The second-order valence-corrected chi connectivity index (χ2v) is 12.9. The van der Waals surface area contributed by atoms with Crippen LogP contribution in [0.5, 0.6) is 11.5 Å². The Morgan fingerprint density at radius 1 is 1.05 bits per heavy atom. The van der Waals surface area contributed by atoms with E-state index in [9.17, 15) is 24.6 Å². The summed E-state index contributed by atoms with van der Waals surface area (Å²) >= 11 is 0. The lowest BCUT2D eigenvalue weighted by Gasteiger charge is -2.60. The summed E-state index contributed by atoms with van der Waals surface area (Å²) in [5, 5.41) is 25.8. The van der Waals surface area contributed by atoms with Gasteiger partial charge in [-0.2, -0.15) is 0 Å². The van der Waals surface area contributed by atoms with E-state index in [0.29, 0.717) is 0 Å². The van der Waals surface area contributed by atoms with Crippen molar-refractivity contribution in [3.05, 3.63) is 23.8 Å². The van der Waals surface area contributed by atoms with Crippen molar-refractivity contribution in [2.45, 2.75) is 92.2 Å². The van der Waals surface area contributed by atoms with Crippen molar-refractivity contribution < 1.29 is 29.3 Å². The Labute approximate surface area is 220 Å². The number of hydrogen-bond acceptors (Lipinski definition) is 6. The lowest BCUT2D eigenvalue weighted by Crippen LogP contribution is -2.60. The van der Waals surface area contributed by atoms with E-state index in [0.717, 1.165) is 25.7 Å². The molecular formula is C29H44N2O6. The van der Waals surface area contributed by atoms with Gasteiger partial charge >= 0.3 is 6.09 Å². The molecule has 2 saturated carbocycles. The van der Waals surface area contributed by atoms with Crippen molar-refractivity contribution in [1.29, 1.82) is 0 Å². The molecule has 0 aliphatic heterocycles. The number of phenols is 2. The van der Waals surface area contributed by atoms with Crippen LogP contribution >= 0.6 is 0 Å². The Balaban J connectivity index is 1.81. The number of phenolic OH excluding ortho intramolecular Hbond substituents is 2. The Bertz CT molecular complexity index is 1010. The molecule has 0 saturated heterocycles. The Morgan fingerprint density at radius 3 is 2.27 bits per heavy atom. The zero-order valence-electron chi connectivity index (χ0n) is 23.3. The summed E-state index contributed by atoms with van der Waals surface area (Å²) in [6.45, 7) is 14.2. The molecule has 0 aromatic heterocycles. The van der Waals surface area contributed by atoms with Gasteiger partial charge in [-0.05, 0) is 74.8 Å². The third-order valence-corrected chi connectivity index (χ3v) is 8.47. The average Bonchev–Trinajstić information content (AvgIpc) is 2.72. The number of Topliss-reactive ketones (excluding diaryl/α,β-unsaturated/α-hetero) is 1. The van der Waals surface area contributed by atoms with E-state index in [1.165, 1.54) is 18.2 Å². The highest BCUT2D eigenvalue weighted by Crippen LogP contribution is 2.61. The fourth-order valence-electron chi connectivity index (χ4n) is 6.94. The van der Waals surface area contributed by atoms with Gasteiger partial charge in [0.1, 0.15) is 17.1 Å². The van der Waals surface area contributed by atoms with Gasteiger partial charge < -0.3 is 25.6 Å². The Morgan fingerprint density at radius 2 is 1.68 bits per heavy atom. The number of rotatable bonds is 6. The van der Waals surface area contributed by atoms with Crippen LogP contribution in [-0.4, -0.2) is 46.2 Å². The Kier molecular flexibility index (Phi) is 8.20. The number of aromatic hydroxyl groups is 2. The van der Waals surface area contributed by atoms with Crippen molar-refractivity contribution >= 4 is 17.8 Å². The minimum absolute atomic E-state index is 0.00607. The predicted octanol–water partition coefficient (Wildman–Crippen LogP) is 5.17. The van der Waals surface area contributed by atoms with E-state index in [1.807, 2.05) is 6.92 Å². The molecule has 4 N–H and O–H groups in total. The molecule has 5 unspecified atom stereocenters. The van der Waals surface area contributed by atoms with Crippen LogP contribution in [0.15, 0.2) is 18.2 Å². The van der Waals surface area contributed by atoms with Crippen LogP contribution in [0.3, 0.4) is 0 Å². The first-order valence-electron chi connectivity index (χ1n) is 13.4. The number of hydrogen-bond donors (Lipinski definition) is 4. The van der Waals surface area contributed by atoms with Crippen molar-refractivity contribution in [3.8, 4) is 11.5 Å². The molecule has 2 aliphatic carbocycles. The zero-order chi connectivity index (χ0) is 27.8. The smallest absolute Gasteiger partial charge is 0.407 e. The topological polar surface area (TPSA) is 125 Å². The largest absolute Gasteiger partial charge is 0.508 e. The Hall–Kier alpha value is -2.77. The highest BCUT2D eigenvalue weighted by Gasteiger charge is 2.58. The second-order valence-electron chi connectivity index (χ2n) is 12.9. The zero-order valence-corrected chi connectivity index (χ0v) is 23.3. The molecule has 2 amide bonds. The molecule has 8 heteroatoms. The summed E-state index contributed by atoms with van der Waals surface area (Å²) in [7, 11) is 0. The monoisotopic (exact) mass is 516 g/mol. The quantitative estimate of drug-likeness (QED) is 0.387. The van der Waals surface area contributed by atoms with Gasteiger partial charge in [-0.15, -0.1) is 0 Å². The molecule has 2 aliphatic rings. The summed E-state index contributed by atoms with van der Waals surface area (Å²) in [4.78, 5) is 38.8. The standard InChI is InChI=1S/C29H44N2O6/c1-17-21(31-23(34)9-12-30-26(36)37-27(2,3)4)16-22-28(5,6)10-8-11-29(22,7)24(17)25(35)18-13-19(32)15-20(33)14-18/h13-15,17,21-22,24,32-33H,8-12,16H2,1-7H3,(H,30,36)(H,31,34). The second kappa shape index (κ2) is 10.5. The first kappa shape index (κ1) is 28.8. The lowest BCUT2D eigenvalue weighted by molar-refractivity contribution is -0.127. The predicted molar refractivity (Wildman–Crippen MR) is 141 cm³/mol. The minimum atomic E-state index is -0.614. The third-order valence-electron chi connectivity index (χ3n) is 8.47. The number of amides is 2. The normalized spacial score (nSPS) is 29.1. The van der Waals surface area contributed by atoms with Crippen molar-refractivity contribution in [2.75, 3.05) is 6.54 Å². The van der Waals surface area contributed by atoms with Gasteiger partial charge in [-0.1, -0.05) is 34.1 Å². The number of fused-ring (bicyclic) bond motifs is 1. The van der Waals surface area contributed by atoms with E-state index < -0.39 is 17.6 Å². The minimum Gasteiger partial charge on any atom is -0.508 e. The molecule has 5 atom stereocenters. The number of ether oxygens (including phenoxy) is 1. The summed E-state index contributed by atoms with van der Waals surface area (Å²) in [6.07, 6.45) is 3.29. The van der Waals surface area contributed by atoms with Crippen LogP contribution in [0.25, 0.3) is 0 Å². The molecule has 0 spiro atoms. The van der Waals surface area contributed by atoms with Gasteiger partial charge in [0.25, 0.3) is 0 Å². The van der Waals surface area contributed by atoms with Crippen molar-refractivity contribution in [1.82, 2.24) is 10.6 Å². The summed E-state index contributed by atoms with van der Waals surface area (Å²) in [5.41, 5.74) is -0.615. The molecule has 1 aromatic carbocycles. The first-order chi connectivity index (χ1) is 17.0. The van der Waals surface area contributed by atoms with Crippen LogP contribution in [0.1, 0.15) is 90.9 Å². The summed E-state index contributed by atoms with van der Waals surface area (Å²) in [6, 6.07) is 3.81. The lowest BCUT2D eigenvalue weighted by atomic mass is 9.45. The highest BCUT2D eigenvalue weighted by atomic mass is 16.6. The summed E-state index contributed by atoms with van der Waals surface area (Å²) < 4.78 is 5.22. The van der Waals surface area contributed by atoms with E-state index in [1.54, 1.807) is 20.8 Å². The molecule has 2 fully saturated rings. The molecule has 0 radical (unpaired) electrons. The van der Waals surface area contributed by atoms with Gasteiger partial charge in [0.15, 0.2) is 5.78 Å². The van der Waals surface area contributed by atoms with E-state index in [-0.39, 0.29) is 70.4 Å². The number of benzene rings is 1. The molecular weight excluding hydrogens is 472 g/mol. The van der Waals surface area contributed by atoms with Gasteiger partial charge in [0.2, 0.25) is 5.91 Å². The molecule has 37 heavy (non-hydrogen) atoms. The maximum Gasteiger partial charge on any atom is 0.407 e. The average molecular weight is 517 g/mol. The SMILES string of the molecule is CC1C(NC(=O)CCNC(=O)OC(C)(C)C)CC2C(C)(C)CCCC2(C)C1C(=O)c1cc(O)cc(O)c1.